The maximum atomic E-state index is 5.35. The molecule has 0 bridgehead atoms. The number of hydrogen-bond donors (Lipinski definition) is 1. The third kappa shape index (κ3) is 2.81. The Hall–Kier alpha value is -1.75. The van der Waals surface area contributed by atoms with Gasteiger partial charge in [-0.3, -0.25) is 4.98 Å². The fourth-order valence-corrected chi connectivity index (χ4v) is 2.55. The summed E-state index contributed by atoms with van der Waals surface area (Å²) >= 11 is 0. The Balaban J connectivity index is 1.70. The van der Waals surface area contributed by atoms with Crippen LogP contribution in [-0.4, -0.2) is 21.2 Å². The van der Waals surface area contributed by atoms with Gasteiger partial charge in [0.25, 0.3) is 0 Å². The Morgan fingerprint density at radius 2 is 2.00 bits per heavy atom. The minimum Gasteiger partial charge on any atom is -0.337 e. The Morgan fingerprint density at radius 3 is 2.74 bits per heavy atom. The highest BCUT2D eigenvalue weighted by Crippen LogP contribution is 2.22. The van der Waals surface area contributed by atoms with E-state index in [4.69, 9.17) is 4.52 Å². The monoisotopic (exact) mass is 258 g/mol. The van der Waals surface area contributed by atoms with Gasteiger partial charge >= 0.3 is 0 Å². The molecule has 3 rings (SSSR count). The van der Waals surface area contributed by atoms with Crippen LogP contribution in [0.2, 0.25) is 0 Å². The first-order valence-corrected chi connectivity index (χ1v) is 6.83. The van der Waals surface area contributed by atoms with Crippen LogP contribution in [0.15, 0.2) is 29.0 Å². The van der Waals surface area contributed by atoms with E-state index in [1.54, 1.807) is 12.4 Å². The van der Waals surface area contributed by atoms with E-state index < -0.39 is 0 Å². The highest BCUT2D eigenvalue weighted by Gasteiger charge is 2.21. The SMILES string of the molecule is C[C@H](NC1CCCC1)c1nc(-c2ccncc2)no1. The van der Waals surface area contributed by atoms with Gasteiger partial charge in [0.2, 0.25) is 11.7 Å². The maximum absolute atomic E-state index is 5.35. The maximum Gasteiger partial charge on any atom is 0.243 e. The Labute approximate surface area is 112 Å². The molecule has 1 aliphatic rings. The summed E-state index contributed by atoms with van der Waals surface area (Å²) in [5.74, 6) is 1.27. The molecular weight excluding hydrogens is 240 g/mol. The molecule has 19 heavy (non-hydrogen) atoms. The molecule has 5 nitrogen and oxygen atoms in total. The molecule has 0 aromatic carbocycles. The second-order valence-corrected chi connectivity index (χ2v) is 5.06. The van der Waals surface area contributed by atoms with E-state index in [-0.39, 0.29) is 6.04 Å². The van der Waals surface area contributed by atoms with Gasteiger partial charge < -0.3 is 9.84 Å². The molecule has 1 fully saturated rings. The van der Waals surface area contributed by atoms with E-state index in [2.05, 4.69) is 27.4 Å². The average Bonchev–Trinajstić information content (AvgIpc) is 3.10. The molecule has 0 unspecified atom stereocenters. The molecule has 1 aliphatic carbocycles. The Kier molecular flexibility index (Phi) is 3.55. The Morgan fingerprint density at radius 1 is 1.26 bits per heavy atom. The van der Waals surface area contributed by atoms with Crippen LogP contribution in [-0.2, 0) is 0 Å². The summed E-state index contributed by atoms with van der Waals surface area (Å²) in [5.41, 5.74) is 0.929. The first-order valence-electron chi connectivity index (χ1n) is 6.83. The van der Waals surface area contributed by atoms with E-state index in [0.717, 1.165) is 5.56 Å². The lowest BCUT2D eigenvalue weighted by Crippen LogP contribution is -2.29. The molecule has 0 aliphatic heterocycles. The minimum atomic E-state index is 0.103. The van der Waals surface area contributed by atoms with Gasteiger partial charge in [-0.15, -0.1) is 0 Å². The highest BCUT2D eigenvalue weighted by atomic mass is 16.5. The third-order valence-electron chi connectivity index (χ3n) is 3.59. The molecule has 2 aromatic heterocycles. The molecule has 0 amide bonds. The molecule has 0 spiro atoms. The van der Waals surface area contributed by atoms with Crippen molar-refractivity contribution >= 4 is 0 Å². The zero-order valence-corrected chi connectivity index (χ0v) is 11.0. The fraction of sp³-hybridized carbons (Fsp3) is 0.500. The molecule has 5 heteroatoms. The molecule has 1 N–H and O–H groups in total. The number of pyridine rings is 1. The second-order valence-electron chi connectivity index (χ2n) is 5.06. The van der Waals surface area contributed by atoms with Crippen molar-refractivity contribution < 1.29 is 4.52 Å². The van der Waals surface area contributed by atoms with Crippen LogP contribution >= 0.6 is 0 Å². The standard InChI is InChI=1S/C14H18N4O/c1-10(16-12-4-2-3-5-12)14-17-13(18-19-14)11-6-8-15-9-7-11/h6-10,12,16H,2-5H2,1H3/t10-/m0/s1. The van der Waals surface area contributed by atoms with E-state index in [1.165, 1.54) is 25.7 Å². The summed E-state index contributed by atoms with van der Waals surface area (Å²) in [6.45, 7) is 2.07. The normalized spacial score (nSPS) is 17.7. The van der Waals surface area contributed by atoms with Crippen molar-refractivity contribution in [3.05, 3.63) is 30.4 Å². The number of aromatic nitrogens is 3. The summed E-state index contributed by atoms with van der Waals surface area (Å²) in [6.07, 6.45) is 8.58. The molecule has 100 valence electrons. The summed E-state index contributed by atoms with van der Waals surface area (Å²) in [7, 11) is 0. The van der Waals surface area contributed by atoms with Gasteiger partial charge in [0, 0.05) is 24.0 Å². The zero-order chi connectivity index (χ0) is 13.1. The van der Waals surface area contributed by atoms with Crippen molar-refractivity contribution in [2.24, 2.45) is 0 Å². The van der Waals surface area contributed by atoms with E-state index in [9.17, 15) is 0 Å². The van der Waals surface area contributed by atoms with Crippen molar-refractivity contribution in [3.8, 4) is 11.4 Å². The first kappa shape index (κ1) is 12.3. The number of hydrogen-bond acceptors (Lipinski definition) is 5. The van der Waals surface area contributed by atoms with Crippen molar-refractivity contribution in [2.75, 3.05) is 0 Å². The van der Waals surface area contributed by atoms with Crippen LogP contribution < -0.4 is 5.32 Å². The molecule has 1 atom stereocenters. The van der Waals surface area contributed by atoms with Gasteiger partial charge in [-0.1, -0.05) is 18.0 Å². The van der Waals surface area contributed by atoms with Gasteiger partial charge in [-0.2, -0.15) is 4.98 Å². The van der Waals surface area contributed by atoms with Gasteiger partial charge in [0.15, 0.2) is 0 Å². The van der Waals surface area contributed by atoms with Gasteiger partial charge in [-0.05, 0) is 31.9 Å². The van der Waals surface area contributed by atoms with Crippen molar-refractivity contribution in [1.29, 1.82) is 0 Å². The van der Waals surface area contributed by atoms with Crippen LogP contribution in [0.25, 0.3) is 11.4 Å². The topological polar surface area (TPSA) is 63.8 Å². The third-order valence-corrected chi connectivity index (χ3v) is 3.59. The quantitative estimate of drug-likeness (QED) is 0.913. The van der Waals surface area contributed by atoms with Crippen LogP contribution in [0.5, 0.6) is 0 Å². The molecule has 1 saturated carbocycles. The van der Waals surface area contributed by atoms with Crippen molar-refractivity contribution in [1.82, 2.24) is 20.4 Å². The van der Waals surface area contributed by atoms with Crippen molar-refractivity contribution in [2.45, 2.75) is 44.7 Å². The summed E-state index contributed by atoms with van der Waals surface area (Å²) in [5, 5.41) is 7.58. The summed E-state index contributed by atoms with van der Waals surface area (Å²) < 4.78 is 5.35. The predicted octanol–water partition coefficient (Wildman–Crippen LogP) is 2.72. The van der Waals surface area contributed by atoms with Crippen LogP contribution in [0, 0.1) is 0 Å². The fourth-order valence-electron chi connectivity index (χ4n) is 2.55. The first-order chi connectivity index (χ1) is 9.33. The smallest absolute Gasteiger partial charge is 0.243 e. The van der Waals surface area contributed by atoms with Gasteiger partial charge in [0.1, 0.15) is 0 Å². The van der Waals surface area contributed by atoms with Gasteiger partial charge in [-0.25, -0.2) is 0 Å². The zero-order valence-electron chi connectivity index (χ0n) is 11.0. The molecular formula is C14H18N4O. The molecule has 2 heterocycles. The van der Waals surface area contributed by atoms with Crippen molar-refractivity contribution in [3.63, 3.8) is 0 Å². The molecule has 0 radical (unpaired) electrons. The van der Waals surface area contributed by atoms with E-state index in [0.29, 0.717) is 17.8 Å². The van der Waals surface area contributed by atoms with Crippen LogP contribution in [0.1, 0.15) is 44.5 Å². The number of nitrogens with zero attached hydrogens (tertiary/aromatic N) is 3. The molecule has 2 aromatic rings. The van der Waals surface area contributed by atoms with E-state index >= 15 is 0 Å². The van der Waals surface area contributed by atoms with Crippen LogP contribution in [0.4, 0.5) is 0 Å². The van der Waals surface area contributed by atoms with E-state index in [1.807, 2.05) is 12.1 Å². The number of rotatable bonds is 4. The lowest BCUT2D eigenvalue weighted by atomic mass is 10.2. The summed E-state index contributed by atoms with van der Waals surface area (Å²) in [4.78, 5) is 8.44. The summed E-state index contributed by atoms with van der Waals surface area (Å²) in [6, 6.07) is 4.45. The average molecular weight is 258 g/mol. The largest absolute Gasteiger partial charge is 0.337 e. The lowest BCUT2D eigenvalue weighted by Gasteiger charge is -2.15. The predicted molar refractivity (Wildman–Crippen MR) is 71.3 cm³/mol. The Bertz CT molecular complexity index is 519. The van der Waals surface area contributed by atoms with Crippen LogP contribution in [0.3, 0.4) is 0 Å². The highest BCUT2D eigenvalue weighted by molar-refractivity contribution is 5.52. The molecule has 0 saturated heterocycles. The second kappa shape index (κ2) is 5.48. The number of nitrogens with one attached hydrogen (secondary N) is 1. The van der Waals surface area contributed by atoms with Gasteiger partial charge in [0.05, 0.1) is 6.04 Å². The minimum absolute atomic E-state index is 0.103. The lowest BCUT2D eigenvalue weighted by molar-refractivity contribution is 0.323.